The van der Waals surface area contributed by atoms with Crippen LogP contribution in [0, 0.1) is 17.7 Å². The maximum atomic E-state index is 13.2. The molecule has 26 heavy (non-hydrogen) atoms. The Hall–Kier alpha value is -3.04. The maximum absolute atomic E-state index is 13.2. The van der Waals surface area contributed by atoms with Crippen LogP contribution in [0.3, 0.4) is 0 Å². The fourth-order valence-corrected chi connectivity index (χ4v) is 2.08. The molecule has 0 fully saturated rings. The zero-order valence-corrected chi connectivity index (χ0v) is 15.1. The molecule has 0 aliphatic heterocycles. The Bertz CT molecular complexity index is 965. The number of benzene rings is 1. The second-order valence-electron chi connectivity index (χ2n) is 6.57. The van der Waals surface area contributed by atoms with Crippen molar-refractivity contribution in [2.75, 3.05) is 14.1 Å². The standard InChI is InChI=1S/C20H19FN4O/c1-20(2,25(3)4)19-23-18(24-26-19)17-11-10-15(13-22-17)9-8-14-6-5-7-16(21)12-14/h5-7,10-13H,1-4H3. The van der Waals surface area contributed by atoms with Crippen molar-refractivity contribution in [3.05, 3.63) is 65.4 Å². The second kappa shape index (κ2) is 7.06. The first-order valence-corrected chi connectivity index (χ1v) is 8.12. The first kappa shape index (κ1) is 17.8. The van der Waals surface area contributed by atoms with E-state index in [2.05, 4.69) is 27.0 Å². The van der Waals surface area contributed by atoms with E-state index in [0.717, 1.165) is 5.56 Å². The lowest BCUT2D eigenvalue weighted by Crippen LogP contribution is -2.35. The number of pyridine rings is 1. The van der Waals surface area contributed by atoms with Crippen LogP contribution in [0.25, 0.3) is 11.5 Å². The second-order valence-corrected chi connectivity index (χ2v) is 6.57. The number of halogens is 1. The van der Waals surface area contributed by atoms with E-state index in [0.29, 0.717) is 23.0 Å². The third kappa shape index (κ3) is 3.79. The van der Waals surface area contributed by atoms with Gasteiger partial charge in [-0.1, -0.05) is 23.1 Å². The van der Waals surface area contributed by atoms with Gasteiger partial charge in [-0.25, -0.2) is 4.39 Å². The topological polar surface area (TPSA) is 55.1 Å². The molecule has 0 saturated carbocycles. The molecule has 0 aliphatic carbocycles. The summed E-state index contributed by atoms with van der Waals surface area (Å²) in [4.78, 5) is 10.8. The lowest BCUT2D eigenvalue weighted by molar-refractivity contribution is 0.143. The van der Waals surface area contributed by atoms with Gasteiger partial charge in [0.15, 0.2) is 0 Å². The molecule has 0 unspecified atom stereocenters. The highest BCUT2D eigenvalue weighted by molar-refractivity contribution is 5.51. The molecule has 0 amide bonds. The fraction of sp³-hybridized carbons (Fsp3) is 0.250. The number of hydrogen-bond acceptors (Lipinski definition) is 5. The summed E-state index contributed by atoms with van der Waals surface area (Å²) in [6.07, 6.45) is 1.63. The van der Waals surface area contributed by atoms with Gasteiger partial charge < -0.3 is 4.52 Å². The Morgan fingerprint density at radius 1 is 1.08 bits per heavy atom. The molecular formula is C20H19FN4O. The summed E-state index contributed by atoms with van der Waals surface area (Å²) < 4.78 is 18.5. The van der Waals surface area contributed by atoms with Gasteiger partial charge in [-0.3, -0.25) is 9.88 Å². The monoisotopic (exact) mass is 350 g/mol. The highest BCUT2D eigenvalue weighted by atomic mass is 19.1. The molecule has 0 N–H and O–H groups in total. The summed E-state index contributed by atoms with van der Waals surface area (Å²) in [6.45, 7) is 4.01. The predicted molar refractivity (Wildman–Crippen MR) is 96.6 cm³/mol. The van der Waals surface area contributed by atoms with E-state index in [1.807, 2.05) is 38.9 Å². The Kier molecular flexibility index (Phi) is 4.83. The van der Waals surface area contributed by atoms with Gasteiger partial charge in [0.2, 0.25) is 11.7 Å². The predicted octanol–water partition coefficient (Wildman–Crippen LogP) is 3.47. The van der Waals surface area contributed by atoms with E-state index in [9.17, 15) is 4.39 Å². The molecule has 0 bridgehead atoms. The van der Waals surface area contributed by atoms with Crippen LogP contribution in [0.4, 0.5) is 4.39 Å². The van der Waals surface area contributed by atoms with Gasteiger partial charge in [-0.15, -0.1) is 0 Å². The van der Waals surface area contributed by atoms with Crippen LogP contribution in [-0.2, 0) is 5.54 Å². The summed E-state index contributed by atoms with van der Waals surface area (Å²) in [5, 5.41) is 4.02. The average Bonchev–Trinajstić information content (AvgIpc) is 3.11. The molecule has 3 rings (SSSR count). The van der Waals surface area contributed by atoms with Crippen molar-refractivity contribution >= 4 is 0 Å². The van der Waals surface area contributed by atoms with E-state index in [-0.39, 0.29) is 11.4 Å². The van der Waals surface area contributed by atoms with E-state index >= 15 is 0 Å². The average molecular weight is 350 g/mol. The number of hydrogen-bond donors (Lipinski definition) is 0. The van der Waals surface area contributed by atoms with Gasteiger partial charge in [-0.2, -0.15) is 4.98 Å². The molecular weight excluding hydrogens is 331 g/mol. The van der Waals surface area contributed by atoms with E-state index < -0.39 is 0 Å². The van der Waals surface area contributed by atoms with Gasteiger partial charge >= 0.3 is 0 Å². The van der Waals surface area contributed by atoms with Crippen molar-refractivity contribution in [2.45, 2.75) is 19.4 Å². The van der Waals surface area contributed by atoms with E-state index in [1.54, 1.807) is 24.4 Å². The molecule has 1 aromatic carbocycles. The Morgan fingerprint density at radius 3 is 2.50 bits per heavy atom. The van der Waals surface area contributed by atoms with Gasteiger partial charge in [0.1, 0.15) is 11.5 Å². The first-order chi connectivity index (χ1) is 12.4. The van der Waals surface area contributed by atoms with Gasteiger partial charge in [0.25, 0.3) is 0 Å². The summed E-state index contributed by atoms with van der Waals surface area (Å²) in [5.41, 5.74) is 1.56. The Labute approximate surface area is 151 Å². The smallest absolute Gasteiger partial charge is 0.246 e. The zero-order chi connectivity index (χ0) is 18.7. The normalized spacial score (nSPS) is 11.3. The van der Waals surface area contributed by atoms with Crippen molar-refractivity contribution in [1.82, 2.24) is 20.0 Å². The number of rotatable bonds is 3. The first-order valence-electron chi connectivity index (χ1n) is 8.12. The summed E-state index contributed by atoms with van der Waals surface area (Å²) in [7, 11) is 3.91. The Morgan fingerprint density at radius 2 is 1.85 bits per heavy atom. The molecule has 132 valence electrons. The van der Waals surface area contributed by atoms with Crippen LogP contribution < -0.4 is 0 Å². The molecule has 0 aliphatic rings. The minimum atomic E-state index is -0.373. The molecule has 0 atom stereocenters. The highest BCUT2D eigenvalue weighted by Gasteiger charge is 2.30. The lowest BCUT2D eigenvalue weighted by Gasteiger charge is -2.27. The molecule has 0 radical (unpaired) electrons. The molecule has 5 nitrogen and oxygen atoms in total. The molecule has 0 spiro atoms. The minimum absolute atomic E-state index is 0.307. The van der Waals surface area contributed by atoms with Crippen molar-refractivity contribution in [3.8, 4) is 23.4 Å². The van der Waals surface area contributed by atoms with Crippen molar-refractivity contribution in [1.29, 1.82) is 0 Å². The molecule has 6 heteroatoms. The van der Waals surface area contributed by atoms with Crippen molar-refractivity contribution < 1.29 is 8.91 Å². The van der Waals surface area contributed by atoms with Gasteiger partial charge in [0.05, 0.1) is 5.54 Å². The Balaban J connectivity index is 1.80. The van der Waals surface area contributed by atoms with Crippen LogP contribution in [0.15, 0.2) is 47.1 Å². The summed E-state index contributed by atoms with van der Waals surface area (Å²) in [5.74, 6) is 6.52. The third-order valence-corrected chi connectivity index (χ3v) is 4.24. The summed E-state index contributed by atoms with van der Waals surface area (Å²) >= 11 is 0. The van der Waals surface area contributed by atoms with Crippen molar-refractivity contribution in [3.63, 3.8) is 0 Å². The van der Waals surface area contributed by atoms with Crippen LogP contribution in [0.2, 0.25) is 0 Å². The van der Waals surface area contributed by atoms with Crippen LogP contribution in [0.1, 0.15) is 30.9 Å². The summed E-state index contributed by atoms with van der Waals surface area (Å²) in [6, 6.07) is 9.77. The molecule has 2 heterocycles. The van der Waals surface area contributed by atoms with Crippen LogP contribution in [0.5, 0.6) is 0 Å². The van der Waals surface area contributed by atoms with E-state index in [1.165, 1.54) is 12.1 Å². The van der Waals surface area contributed by atoms with Gasteiger partial charge in [-0.05, 0) is 58.3 Å². The number of nitrogens with zero attached hydrogens (tertiary/aromatic N) is 4. The maximum Gasteiger partial charge on any atom is 0.246 e. The molecule has 0 saturated heterocycles. The third-order valence-electron chi connectivity index (χ3n) is 4.24. The largest absolute Gasteiger partial charge is 0.337 e. The van der Waals surface area contributed by atoms with Crippen LogP contribution >= 0.6 is 0 Å². The van der Waals surface area contributed by atoms with E-state index in [4.69, 9.17) is 4.52 Å². The van der Waals surface area contributed by atoms with Crippen molar-refractivity contribution in [2.24, 2.45) is 0 Å². The lowest BCUT2D eigenvalue weighted by atomic mass is 10.0. The quantitative estimate of drug-likeness (QED) is 0.677. The van der Waals surface area contributed by atoms with Gasteiger partial charge in [0, 0.05) is 17.3 Å². The molecule has 3 aromatic rings. The highest BCUT2D eigenvalue weighted by Crippen LogP contribution is 2.25. The van der Waals surface area contributed by atoms with Crippen LogP contribution in [-0.4, -0.2) is 34.1 Å². The SMILES string of the molecule is CN(C)C(C)(C)c1nc(-c2ccc(C#Cc3cccc(F)c3)cn2)no1. The minimum Gasteiger partial charge on any atom is -0.337 e. The molecule has 2 aromatic heterocycles. The number of aromatic nitrogens is 3. The zero-order valence-electron chi connectivity index (χ0n) is 15.1. The fourth-order valence-electron chi connectivity index (χ4n) is 2.08.